The predicted molar refractivity (Wildman–Crippen MR) is 62.4 cm³/mol. The van der Waals surface area contributed by atoms with E-state index in [2.05, 4.69) is 32.8 Å². The molecule has 14 heavy (non-hydrogen) atoms. The van der Waals surface area contributed by atoms with E-state index in [-0.39, 0.29) is 0 Å². The quantitative estimate of drug-likeness (QED) is 0.833. The Morgan fingerprint density at radius 2 is 2.21 bits per heavy atom. The molecule has 0 aliphatic rings. The summed E-state index contributed by atoms with van der Waals surface area (Å²) in [5.41, 5.74) is 1.07. The minimum Gasteiger partial charge on any atom is -0.263 e. The van der Waals surface area contributed by atoms with Gasteiger partial charge in [0.25, 0.3) is 0 Å². The lowest BCUT2D eigenvalue weighted by atomic mass is 10.3. The standard InChI is InChI=1S/C10H9BrN2S/c1-2-9-6-13-10(14-9)7-3-8(11)5-12-4-7/h3-6H,2H2,1H3. The molecule has 0 radical (unpaired) electrons. The Morgan fingerprint density at radius 1 is 1.36 bits per heavy atom. The monoisotopic (exact) mass is 268 g/mol. The van der Waals surface area contributed by atoms with Gasteiger partial charge in [-0.1, -0.05) is 6.92 Å². The Labute approximate surface area is 95.2 Å². The number of pyridine rings is 1. The van der Waals surface area contributed by atoms with Gasteiger partial charge in [0, 0.05) is 33.5 Å². The normalized spacial score (nSPS) is 10.4. The van der Waals surface area contributed by atoms with Gasteiger partial charge in [-0.2, -0.15) is 0 Å². The van der Waals surface area contributed by atoms with Crippen LogP contribution in [-0.4, -0.2) is 9.97 Å². The Hall–Kier alpha value is -0.740. The number of halogens is 1. The molecule has 0 aromatic carbocycles. The second kappa shape index (κ2) is 4.19. The summed E-state index contributed by atoms with van der Waals surface area (Å²) in [6.07, 6.45) is 6.58. The van der Waals surface area contributed by atoms with E-state index >= 15 is 0 Å². The highest BCUT2D eigenvalue weighted by Crippen LogP contribution is 2.26. The van der Waals surface area contributed by atoms with Crippen LogP contribution in [0.1, 0.15) is 11.8 Å². The van der Waals surface area contributed by atoms with Gasteiger partial charge in [0.05, 0.1) is 0 Å². The van der Waals surface area contributed by atoms with Gasteiger partial charge in [-0.25, -0.2) is 4.98 Å². The second-order valence-electron chi connectivity index (χ2n) is 2.88. The van der Waals surface area contributed by atoms with Crippen LogP contribution in [0.2, 0.25) is 0 Å². The summed E-state index contributed by atoms with van der Waals surface area (Å²) in [5, 5.41) is 1.04. The van der Waals surface area contributed by atoms with Crippen molar-refractivity contribution in [1.29, 1.82) is 0 Å². The molecule has 0 fully saturated rings. The first-order chi connectivity index (χ1) is 6.79. The maximum Gasteiger partial charge on any atom is 0.125 e. The number of thiazole rings is 1. The number of aromatic nitrogens is 2. The molecule has 2 rings (SSSR count). The summed E-state index contributed by atoms with van der Waals surface area (Å²) < 4.78 is 0.989. The minimum absolute atomic E-state index is 0.989. The van der Waals surface area contributed by atoms with Crippen LogP contribution in [-0.2, 0) is 6.42 Å². The zero-order valence-electron chi connectivity index (χ0n) is 7.70. The molecule has 2 heterocycles. The third-order valence-corrected chi connectivity index (χ3v) is 3.48. The molecule has 0 bridgehead atoms. The molecule has 2 nitrogen and oxygen atoms in total. The highest BCUT2D eigenvalue weighted by molar-refractivity contribution is 9.10. The van der Waals surface area contributed by atoms with E-state index in [9.17, 15) is 0 Å². The molecule has 0 N–H and O–H groups in total. The van der Waals surface area contributed by atoms with Crippen molar-refractivity contribution in [3.63, 3.8) is 0 Å². The van der Waals surface area contributed by atoms with Crippen molar-refractivity contribution in [2.45, 2.75) is 13.3 Å². The maximum absolute atomic E-state index is 4.36. The first-order valence-electron chi connectivity index (χ1n) is 4.35. The lowest BCUT2D eigenvalue weighted by Crippen LogP contribution is -1.77. The zero-order valence-corrected chi connectivity index (χ0v) is 10.1. The van der Waals surface area contributed by atoms with Gasteiger partial charge in [0.15, 0.2) is 0 Å². The number of nitrogens with zero attached hydrogens (tertiary/aromatic N) is 2. The molecule has 0 saturated carbocycles. The molecule has 2 aromatic heterocycles. The Morgan fingerprint density at radius 3 is 2.86 bits per heavy atom. The highest BCUT2D eigenvalue weighted by atomic mass is 79.9. The lowest BCUT2D eigenvalue weighted by Gasteiger charge is -1.95. The average Bonchev–Trinajstić information content (AvgIpc) is 2.66. The van der Waals surface area contributed by atoms with Gasteiger partial charge >= 0.3 is 0 Å². The first kappa shape index (κ1) is 9.80. The van der Waals surface area contributed by atoms with Crippen LogP contribution in [0.3, 0.4) is 0 Å². The van der Waals surface area contributed by atoms with Gasteiger partial charge in [-0.05, 0) is 28.4 Å². The smallest absolute Gasteiger partial charge is 0.125 e. The maximum atomic E-state index is 4.36. The lowest BCUT2D eigenvalue weighted by molar-refractivity contribution is 1.17. The fraction of sp³-hybridized carbons (Fsp3) is 0.200. The van der Waals surface area contributed by atoms with Crippen molar-refractivity contribution in [2.75, 3.05) is 0 Å². The summed E-state index contributed by atoms with van der Waals surface area (Å²) in [6.45, 7) is 2.14. The summed E-state index contributed by atoms with van der Waals surface area (Å²) in [7, 11) is 0. The Balaban J connectivity index is 2.39. The van der Waals surface area contributed by atoms with Crippen molar-refractivity contribution in [2.24, 2.45) is 0 Å². The third kappa shape index (κ3) is 2.01. The summed E-state index contributed by atoms with van der Waals surface area (Å²) in [6, 6.07) is 2.03. The Bertz CT molecular complexity index is 439. The van der Waals surface area contributed by atoms with E-state index in [4.69, 9.17) is 0 Å². The van der Waals surface area contributed by atoms with Crippen LogP contribution in [0.5, 0.6) is 0 Å². The van der Waals surface area contributed by atoms with Crippen LogP contribution < -0.4 is 0 Å². The predicted octanol–water partition coefficient (Wildman–Crippen LogP) is 3.53. The molecule has 0 saturated heterocycles. The van der Waals surface area contributed by atoms with Crippen LogP contribution >= 0.6 is 27.3 Å². The van der Waals surface area contributed by atoms with E-state index in [0.717, 1.165) is 21.5 Å². The van der Waals surface area contributed by atoms with E-state index < -0.39 is 0 Å². The van der Waals surface area contributed by atoms with E-state index in [1.807, 2.05) is 18.5 Å². The zero-order chi connectivity index (χ0) is 9.97. The minimum atomic E-state index is 0.989. The third-order valence-electron chi connectivity index (χ3n) is 1.85. The molecule has 4 heteroatoms. The largest absolute Gasteiger partial charge is 0.263 e. The summed E-state index contributed by atoms with van der Waals surface area (Å²) >= 11 is 5.12. The SMILES string of the molecule is CCc1cnc(-c2cncc(Br)c2)s1. The molecule has 0 aliphatic heterocycles. The second-order valence-corrected chi connectivity index (χ2v) is 4.91. The fourth-order valence-electron chi connectivity index (χ4n) is 1.13. The van der Waals surface area contributed by atoms with Crippen molar-refractivity contribution in [3.05, 3.63) is 34.0 Å². The molecule has 0 unspecified atom stereocenters. The topological polar surface area (TPSA) is 25.8 Å². The molecular weight excluding hydrogens is 260 g/mol. The van der Waals surface area contributed by atoms with E-state index in [1.165, 1.54) is 4.88 Å². The van der Waals surface area contributed by atoms with Crippen molar-refractivity contribution in [1.82, 2.24) is 9.97 Å². The van der Waals surface area contributed by atoms with Gasteiger partial charge < -0.3 is 0 Å². The van der Waals surface area contributed by atoms with Crippen LogP contribution in [0.25, 0.3) is 10.6 Å². The van der Waals surface area contributed by atoms with Gasteiger partial charge in [-0.3, -0.25) is 4.98 Å². The number of aryl methyl sites for hydroxylation is 1. The fourth-order valence-corrected chi connectivity index (χ4v) is 2.33. The van der Waals surface area contributed by atoms with Crippen LogP contribution in [0.15, 0.2) is 29.1 Å². The molecule has 0 atom stereocenters. The van der Waals surface area contributed by atoms with Crippen molar-refractivity contribution < 1.29 is 0 Å². The van der Waals surface area contributed by atoms with Gasteiger partial charge in [0.2, 0.25) is 0 Å². The number of hydrogen-bond acceptors (Lipinski definition) is 3. The molecule has 0 aliphatic carbocycles. The van der Waals surface area contributed by atoms with Crippen molar-refractivity contribution >= 4 is 27.3 Å². The highest BCUT2D eigenvalue weighted by Gasteiger charge is 2.03. The van der Waals surface area contributed by atoms with Gasteiger partial charge in [-0.15, -0.1) is 11.3 Å². The van der Waals surface area contributed by atoms with Gasteiger partial charge in [0.1, 0.15) is 5.01 Å². The number of hydrogen-bond donors (Lipinski definition) is 0. The van der Waals surface area contributed by atoms with E-state index in [0.29, 0.717) is 0 Å². The molecule has 0 spiro atoms. The number of rotatable bonds is 2. The average molecular weight is 269 g/mol. The Kier molecular flexibility index (Phi) is 2.93. The molecule has 72 valence electrons. The molecular formula is C10H9BrN2S. The molecule has 0 amide bonds. The summed E-state index contributed by atoms with van der Waals surface area (Å²) in [5.74, 6) is 0. The van der Waals surface area contributed by atoms with Crippen molar-refractivity contribution in [3.8, 4) is 10.6 Å². The van der Waals surface area contributed by atoms with E-state index in [1.54, 1.807) is 17.5 Å². The molecule has 2 aromatic rings. The summed E-state index contributed by atoms with van der Waals surface area (Å²) in [4.78, 5) is 9.78. The first-order valence-corrected chi connectivity index (χ1v) is 5.96. The van der Waals surface area contributed by atoms with Crippen LogP contribution in [0, 0.1) is 0 Å². The van der Waals surface area contributed by atoms with Crippen LogP contribution in [0.4, 0.5) is 0 Å².